The summed E-state index contributed by atoms with van der Waals surface area (Å²) in [4.78, 5) is 11.9. The number of nitrogens with one attached hydrogen (secondary N) is 1. The van der Waals surface area contributed by atoms with Crippen molar-refractivity contribution in [2.45, 2.75) is 20.3 Å². The number of anilines is 1. The maximum atomic E-state index is 11.9. The predicted octanol–water partition coefficient (Wildman–Crippen LogP) is 3.19. The zero-order valence-corrected chi connectivity index (χ0v) is 11.1. The molecule has 0 fully saturated rings. The van der Waals surface area contributed by atoms with Crippen LogP contribution in [0.5, 0.6) is 5.75 Å². The highest BCUT2D eigenvalue weighted by Gasteiger charge is 2.07. The molecular formula is C16H17NO2. The SMILES string of the molecule is Cc1cc(NC(=O)Cc2ccccc2)cc(C)c1O. The van der Waals surface area contributed by atoms with Crippen LogP contribution in [0.1, 0.15) is 16.7 Å². The van der Waals surface area contributed by atoms with Gasteiger partial charge in [0.1, 0.15) is 5.75 Å². The molecule has 0 aliphatic rings. The first-order chi connectivity index (χ1) is 9.06. The number of aryl methyl sites for hydroxylation is 2. The summed E-state index contributed by atoms with van der Waals surface area (Å²) in [6, 6.07) is 13.1. The number of rotatable bonds is 3. The molecule has 0 bridgehead atoms. The third-order valence-corrected chi connectivity index (χ3v) is 2.98. The Morgan fingerprint density at radius 1 is 1.11 bits per heavy atom. The minimum absolute atomic E-state index is 0.0595. The third-order valence-electron chi connectivity index (χ3n) is 2.98. The van der Waals surface area contributed by atoms with Gasteiger partial charge in [-0.2, -0.15) is 0 Å². The summed E-state index contributed by atoms with van der Waals surface area (Å²) in [5.41, 5.74) is 3.21. The Bertz CT molecular complexity index is 568. The van der Waals surface area contributed by atoms with Crippen LogP contribution in [0.3, 0.4) is 0 Å². The lowest BCUT2D eigenvalue weighted by atomic mass is 10.1. The van der Waals surface area contributed by atoms with Crippen molar-refractivity contribution in [3.63, 3.8) is 0 Å². The van der Waals surface area contributed by atoms with Crippen LogP contribution in [-0.2, 0) is 11.2 Å². The Morgan fingerprint density at radius 3 is 2.26 bits per heavy atom. The number of amides is 1. The lowest BCUT2D eigenvalue weighted by molar-refractivity contribution is -0.115. The molecule has 0 unspecified atom stereocenters. The van der Waals surface area contributed by atoms with E-state index >= 15 is 0 Å². The van der Waals surface area contributed by atoms with Crippen molar-refractivity contribution in [1.82, 2.24) is 0 Å². The fraction of sp³-hybridized carbons (Fsp3) is 0.188. The van der Waals surface area contributed by atoms with E-state index in [2.05, 4.69) is 5.32 Å². The molecule has 0 spiro atoms. The largest absolute Gasteiger partial charge is 0.507 e. The summed E-state index contributed by atoms with van der Waals surface area (Å²) in [7, 11) is 0. The summed E-state index contributed by atoms with van der Waals surface area (Å²) >= 11 is 0. The van der Waals surface area contributed by atoms with Gasteiger partial charge in [-0.25, -0.2) is 0 Å². The standard InChI is InChI=1S/C16H17NO2/c1-11-8-14(9-12(2)16(11)19)17-15(18)10-13-6-4-3-5-7-13/h3-9,19H,10H2,1-2H3,(H,17,18). The molecule has 19 heavy (non-hydrogen) atoms. The van der Waals surface area contributed by atoms with Crippen LogP contribution in [-0.4, -0.2) is 11.0 Å². The Kier molecular flexibility index (Phi) is 3.85. The van der Waals surface area contributed by atoms with Gasteiger partial charge in [-0.3, -0.25) is 4.79 Å². The maximum absolute atomic E-state index is 11.9. The van der Waals surface area contributed by atoms with E-state index in [1.54, 1.807) is 12.1 Å². The predicted molar refractivity (Wildman–Crippen MR) is 76.4 cm³/mol. The molecule has 2 aromatic rings. The number of benzene rings is 2. The molecule has 0 radical (unpaired) electrons. The lowest BCUT2D eigenvalue weighted by Crippen LogP contribution is -2.14. The average molecular weight is 255 g/mol. The zero-order valence-electron chi connectivity index (χ0n) is 11.1. The van der Waals surface area contributed by atoms with Crippen molar-refractivity contribution < 1.29 is 9.90 Å². The Hall–Kier alpha value is -2.29. The molecule has 98 valence electrons. The van der Waals surface area contributed by atoms with Crippen molar-refractivity contribution in [2.24, 2.45) is 0 Å². The average Bonchev–Trinajstić information content (AvgIpc) is 2.37. The van der Waals surface area contributed by atoms with Crippen molar-refractivity contribution >= 4 is 11.6 Å². The van der Waals surface area contributed by atoms with Crippen LogP contribution in [0.15, 0.2) is 42.5 Å². The number of hydrogen-bond donors (Lipinski definition) is 2. The molecule has 0 aromatic heterocycles. The monoisotopic (exact) mass is 255 g/mol. The lowest BCUT2D eigenvalue weighted by Gasteiger charge is -2.09. The van der Waals surface area contributed by atoms with E-state index in [9.17, 15) is 9.90 Å². The number of aromatic hydroxyl groups is 1. The number of hydrogen-bond acceptors (Lipinski definition) is 2. The molecular weight excluding hydrogens is 238 g/mol. The molecule has 0 saturated carbocycles. The van der Waals surface area contributed by atoms with Gasteiger partial charge in [0.25, 0.3) is 0 Å². The fourth-order valence-electron chi connectivity index (χ4n) is 2.01. The van der Waals surface area contributed by atoms with E-state index in [-0.39, 0.29) is 11.7 Å². The second kappa shape index (κ2) is 5.57. The van der Waals surface area contributed by atoms with E-state index in [1.165, 1.54) is 0 Å². The molecule has 0 atom stereocenters. The maximum Gasteiger partial charge on any atom is 0.228 e. The fourth-order valence-corrected chi connectivity index (χ4v) is 2.01. The van der Waals surface area contributed by atoms with Crippen LogP contribution >= 0.6 is 0 Å². The molecule has 2 rings (SSSR count). The summed E-state index contributed by atoms with van der Waals surface area (Å²) in [6.07, 6.45) is 0.347. The van der Waals surface area contributed by atoms with Crippen LogP contribution in [0.4, 0.5) is 5.69 Å². The summed E-state index contributed by atoms with van der Waals surface area (Å²) in [5, 5.41) is 12.5. The molecule has 3 heteroatoms. The van der Waals surface area contributed by atoms with Crippen LogP contribution in [0.2, 0.25) is 0 Å². The molecule has 0 saturated heterocycles. The van der Waals surface area contributed by atoms with E-state index in [0.717, 1.165) is 16.7 Å². The van der Waals surface area contributed by atoms with E-state index in [1.807, 2.05) is 44.2 Å². The molecule has 1 amide bonds. The normalized spacial score (nSPS) is 10.2. The molecule has 2 N–H and O–H groups in total. The van der Waals surface area contributed by atoms with Crippen LogP contribution in [0, 0.1) is 13.8 Å². The molecule has 0 aliphatic heterocycles. The third kappa shape index (κ3) is 3.35. The first-order valence-electron chi connectivity index (χ1n) is 6.20. The number of carbonyl (C=O) groups is 1. The van der Waals surface area contributed by atoms with Crippen LogP contribution in [0.25, 0.3) is 0 Å². The van der Waals surface area contributed by atoms with Gasteiger partial charge < -0.3 is 10.4 Å². The second-order valence-corrected chi connectivity index (χ2v) is 4.67. The number of phenolic OH excluding ortho intramolecular Hbond substituents is 1. The molecule has 0 aliphatic carbocycles. The molecule has 0 heterocycles. The zero-order chi connectivity index (χ0) is 13.8. The summed E-state index contributed by atoms with van der Waals surface area (Å²) < 4.78 is 0. The Balaban J connectivity index is 2.07. The van der Waals surface area contributed by atoms with E-state index in [0.29, 0.717) is 12.1 Å². The summed E-state index contributed by atoms with van der Waals surface area (Å²) in [5.74, 6) is 0.219. The highest BCUT2D eigenvalue weighted by molar-refractivity contribution is 5.92. The van der Waals surface area contributed by atoms with Gasteiger partial charge in [-0.05, 0) is 42.7 Å². The van der Waals surface area contributed by atoms with Gasteiger partial charge >= 0.3 is 0 Å². The minimum atomic E-state index is -0.0595. The van der Waals surface area contributed by atoms with Gasteiger partial charge in [-0.1, -0.05) is 30.3 Å². The topological polar surface area (TPSA) is 49.3 Å². The highest BCUT2D eigenvalue weighted by Crippen LogP contribution is 2.25. The number of phenols is 1. The van der Waals surface area contributed by atoms with Gasteiger partial charge in [0.05, 0.1) is 6.42 Å². The first kappa shape index (κ1) is 13.1. The van der Waals surface area contributed by atoms with Crippen molar-refractivity contribution in [3.8, 4) is 5.75 Å². The van der Waals surface area contributed by atoms with Crippen molar-refractivity contribution in [2.75, 3.05) is 5.32 Å². The summed E-state index contributed by atoms with van der Waals surface area (Å²) in [6.45, 7) is 3.63. The van der Waals surface area contributed by atoms with E-state index in [4.69, 9.17) is 0 Å². The highest BCUT2D eigenvalue weighted by atomic mass is 16.3. The molecule has 3 nitrogen and oxygen atoms in total. The van der Waals surface area contributed by atoms with Gasteiger partial charge in [0.2, 0.25) is 5.91 Å². The second-order valence-electron chi connectivity index (χ2n) is 4.67. The minimum Gasteiger partial charge on any atom is -0.507 e. The Labute approximate surface area is 112 Å². The Morgan fingerprint density at radius 2 is 1.68 bits per heavy atom. The molecule has 2 aromatic carbocycles. The number of carbonyl (C=O) groups excluding carboxylic acids is 1. The quantitative estimate of drug-likeness (QED) is 0.827. The van der Waals surface area contributed by atoms with Gasteiger partial charge in [0.15, 0.2) is 0 Å². The van der Waals surface area contributed by atoms with Crippen molar-refractivity contribution in [1.29, 1.82) is 0 Å². The first-order valence-corrected chi connectivity index (χ1v) is 6.20. The van der Waals surface area contributed by atoms with Gasteiger partial charge in [0, 0.05) is 5.69 Å². The van der Waals surface area contributed by atoms with Crippen molar-refractivity contribution in [3.05, 3.63) is 59.2 Å². The van der Waals surface area contributed by atoms with E-state index < -0.39 is 0 Å². The smallest absolute Gasteiger partial charge is 0.228 e. The van der Waals surface area contributed by atoms with Gasteiger partial charge in [-0.15, -0.1) is 0 Å². The van der Waals surface area contributed by atoms with Crippen LogP contribution < -0.4 is 5.32 Å².